The van der Waals surface area contributed by atoms with Crippen LogP contribution in [0.15, 0.2) is 78.0 Å². The lowest BCUT2D eigenvalue weighted by atomic mass is 10.1. The van der Waals surface area contributed by atoms with Crippen molar-refractivity contribution in [3.8, 4) is 22.8 Å². The number of alkyl halides is 3. The maximum absolute atomic E-state index is 12.9. The molecule has 1 aromatic heterocycles. The minimum atomic E-state index is -4.76. The highest BCUT2D eigenvalue weighted by Gasteiger charge is 2.33. The van der Waals surface area contributed by atoms with Crippen LogP contribution in [0, 0.1) is 0 Å². The number of aryl methyl sites for hydroxylation is 1. The van der Waals surface area contributed by atoms with E-state index in [0.717, 1.165) is 34.4 Å². The number of ether oxygens (including phenoxy) is 1. The third-order valence-electron chi connectivity index (χ3n) is 7.13. The lowest BCUT2D eigenvalue weighted by Crippen LogP contribution is -2.36. The number of benzene rings is 3. The van der Waals surface area contributed by atoms with Crippen molar-refractivity contribution in [2.45, 2.75) is 38.6 Å². The fourth-order valence-electron chi connectivity index (χ4n) is 5.18. The van der Waals surface area contributed by atoms with E-state index in [-0.39, 0.29) is 23.5 Å². The average Bonchev–Trinajstić information content (AvgIpc) is 3.70. The van der Waals surface area contributed by atoms with Gasteiger partial charge in [0.1, 0.15) is 12.1 Å². The first-order valence-corrected chi connectivity index (χ1v) is 14.5. The van der Waals surface area contributed by atoms with Gasteiger partial charge in [-0.1, -0.05) is 49.0 Å². The molecule has 1 fully saturated rings. The molecular formula is C30H25F3N6O3S. The number of nitrogens with zero attached hydrogens (tertiary/aromatic N) is 5. The number of rotatable bonds is 6. The molecular weight excluding hydrogens is 581 g/mol. The molecule has 1 saturated heterocycles. The minimum absolute atomic E-state index is 0.109. The van der Waals surface area contributed by atoms with E-state index in [9.17, 15) is 22.8 Å². The number of aromatic nitrogens is 3. The average molecular weight is 607 g/mol. The van der Waals surface area contributed by atoms with E-state index in [4.69, 9.17) is 0 Å². The van der Waals surface area contributed by atoms with Crippen molar-refractivity contribution in [3.63, 3.8) is 0 Å². The summed E-state index contributed by atoms with van der Waals surface area (Å²) in [6.07, 6.45) is -1.30. The van der Waals surface area contributed by atoms with E-state index in [1.165, 1.54) is 51.9 Å². The smallest absolute Gasteiger partial charge is 0.406 e. The van der Waals surface area contributed by atoms with Crippen molar-refractivity contribution in [3.05, 3.63) is 89.7 Å². The maximum Gasteiger partial charge on any atom is 0.573 e. The highest BCUT2D eigenvalue weighted by Crippen LogP contribution is 2.31. The van der Waals surface area contributed by atoms with Gasteiger partial charge in [0.25, 0.3) is 0 Å². The van der Waals surface area contributed by atoms with Gasteiger partial charge in [-0.25, -0.2) is 14.5 Å². The van der Waals surface area contributed by atoms with E-state index in [1.807, 2.05) is 49.4 Å². The van der Waals surface area contributed by atoms with Gasteiger partial charge < -0.3 is 10.1 Å². The molecule has 1 aliphatic heterocycles. The summed E-state index contributed by atoms with van der Waals surface area (Å²) in [7, 11) is 0. The lowest BCUT2D eigenvalue weighted by molar-refractivity contribution is -0.274. The predicted molar refractivity (Wildman–Crippen MR) is 156 cm³/mol. The molecule has 220 valence electrons. The Bertz CT molecular complexity index is 1720. The molecule has 43 heavy (non-hydrogen) atoms. The van der Waals surface area contributed by atoms with Gasteiger partial charge in [0.2, 0.25) is 5.91 Å². The zero-order chi connectivity index (χ0) is 30.1. The van der Waals surface area contributed by atoms with Gasteiger partial charge in [-0.05, 0) is 72.4 Å². The normalized spacial score (nSPS) is 17.4. The van der Waals surface area contributed by atoms with E-state index in [0.29, 0.717) is 29.5 Å². The monoisotopic (exact) mass is 606 g/mol. The summed E-state index contributed by atoms with van der Waals surface area (Å²) in [5.74, 6) is 0.246. The van der Waals surface area contributed by atoms with E-state index >= 15 is 0 Å². The summed E-state index contributed by atoms with van der Waals surface area (Å²) < 4.78 is 42.7. The maximum atomic E-state index is 12.9. The molecule has 2 aliphatic rings. The van der Waals surface area contributed by atoms with Crippen molar-refractivity contribution >= 4 is 34.6 Å². The molecule has 0 saturated carbocycles. The summed E-state index contributed by atoms with van der Waals surface area (Å²) in [5.41, 5.74) is 5.18. The molecule has 2 heterocycles. The van der Waals surface area contributed by atoms with Crippen molar-refractivity contribution in [1.29, 1.82) is 0 Å². The largest absolute Gasteiger partial charge is 0.573 e. The number of amidine groups is 1. The fourth-order valence-corrected chi connectivity index (χ4v) is 6.04. The standard InChI is InChI=1S/C30H25F3N6O3S/c1-2-18-5-3-4-6-25(18)39-26(40)16-43-29(39)36-28(41)35-22-14-19-7-8-20(13-21(19)15-22)27-34-17-38(37-27)23-9-11-24(12-10-23)42-30(31,32)33/h3-13,17,22H,2,14-16H2,1H3,(H,35,41)/b36-29-. The molecule has 3 amide bonds. The zero-order valence-corrected chi connectivity index (χ0v) is 23.7. The van der Waals surface area contributed by atoms with E-state index < -0.39 is 12.4 Å². The van der Waals surface area contributed by atoms with Crippen LogP contribution < -0.4 is 15.0 Å². The molecule has 1 N–H and O–H groups in total. The molecule has 13 heteroatoms. The van der Waals surface area contributed by atoms with Crippen LogP contribution >= 0.6 is 11.8 Å². The van der Waals surface area contributed by atoms with Crippen molar-refractivity contribution in [1.82, 2.24) is 20.1 Å². The van der Waals surface area contributed by atoms with Crippen LogP contribution in [0.2, 0.25) is 0 Å². The number of hydrogen-bond donors (Lipinski definition) is 1. The van der Waals surface area contributed by atoms with Crippen LogP contribution in [0.1, 0.15) is 23.6 Å². The summed E-state index contributed by atoms with van der Waals surface area (Å²) in [6, 6.07) is 18.1. The van der Waals surface area contributed by atoms with Gasteiger partial charge in [-0.2, -0.15) is 4.99 Å². The Morgan fingerprint density at radius 1 is 1.09 bits per heavy atom. The molecule has 6 rings (SSSR count). The van der Waals surface area contributed by atoms with Gasteiger partial charge in [0.05, 0.1) is 17.1 Å². The minimum Gasteiger partial charge on any atom is -0.406 e. The number of aliphatic imine (C=N–C) groups is 1. The van der Waals surface area contributed by atoms with Gasteiger partial charge in [0, 0.05) is 11.6 Å². The highest BCUT2D eigenvalue weighted by molar-refractivity contribution is 8.15. The molecule has 4 aromatic rings. The lowest BCUT2D eigenvalue weighted by Gasteiger charge is -2.19. The summed E-state index contributed by atoms with van der Waals surface area (Å²) in [6.45, 7) is 2.01. The Balaban J connectivity index is 1.12. The number of nitrogens with one attached hydrogen (secondary N) is 1. The zero-order valence-electron chi connectivity index (χ0n) is 22.8. The topological polar surface area (TPSA) is 102 Å². The molecule has 1 atom stereocenters. The third-order valence-corrected chi connectivity index (χ3v) is 8.05. The Morgan fingerprint density at radius 2 is 1.86 bits per heavy atom. The number of thioether (sulfide) groups is 1. The first-order valence-electron chi connectivity index (χ1n) is 13.5. The SMILES string of the molecule is CCc1ccccc1N1C(=O)CS/C1=N\C(=O)NC1Cc2ccc(-c3ncn(-c4ccc(OC(F)(F)F)cc4)n3)cc2C1. The molecule has 3 aromatic carbocycles. The van der Waals surface area contributed by atoms with Crippen molar-refractivity contribution < 1.29 is 27.5 Å². The number of hydrogen-bond acceptors (Lipinski definition) is 6. The molecule has 0 spiro atoms. The molecule has 9 nitrogen and oxygen atoms in total. The number of urea groups is 1. The predicted octanol–water partition coefficient (Wildman–Crippen LogP) is 5.71. The van der Waals surface area contributed by atoms with Gasteiger partial charge in [-0.15, -0.1) is 18.3 Å². The van der Waals surface area contributed by atoms with Gasteiger partial charge in [-0.3, -0.25) is 9.69 Å². The number of para-hydroxylation sites is 1. The van der Waals surface area contributed by atoms with E-state index in [1.54, 1.807) is 0 Å². The first kappa shape index (κ1) is 28.5. The van der Waals surface area contributed by atoms with Crippen LogP contribution in [0.25, 0.3) is 17.1 Å². The highest BCUT2D eigenvalue weighted by atomic mass is 32.2. The molecule has 1 aliphatic carbocycles. The molecule has 1 unspecified atom stereocenters. The Morgan fingerprint density at radius 3 is 2.63 bits per heavy atom. The first-order chi connectivity index (χ1) is 20.7. The summed E-state index contributed by atoms with van der Waals surface area (Å²) in [5, 5.41) is 7.82. The Hall–Kier alpha value is -4.65. The molecule has 0 bridgehead atoms. The number of carbonyl (C=O) groups excluding carboxylic acids is 2. The number of amides is 3. The number of fused-ring (bicyclic) bond motifs is 1. The second kappa shape index (κ2) is 11.6. The Labute approximate surface area is 248 Å². The fraction of sp³-hybridized carbons (Fsp3) is 0.233. The van der Waals surface area contributed by atoms with Gasteiger partial charge in [0.15, 0.2) is 11.0 Å². The summed E-state index contributed by atoms with van der Waals surface area (Å²) in [4.78, 5) is 35.7. The van der Waals surface area contributed by atoms with Crippen LogP contribution in [-0.4, -0.2) is 50.0 Å². The van der Waals surface area contributed by atoms with Crippen LogP contribution in [-0.2, 0) is 24.1 Å². The van der Waals surface area contributed by atoms with Crippen molar-refractivity contribution in [2.75, 3.05) is 10.7 Å². The Kier molecular flexibility index (Phi) is 7.65. The molecule has 0 radical (unpaired) electrons. The van der Waals surface area contributed by atoms with E-state index in [2.05, 4.69) is 25.1 Å². The van der Waals surface area contributed by atoms with Crippen LogP contribution in [0.5, 0.6) is 5.75 Å². The number of halogens is 3. The quantitative estimate of drug-likeness (QED) is 0.302. The third kappa shape index (κ3) is 6.26. The van der Waals surface area contributed by atoms with Crippen LogP contribution in [0.4, 0.5) is 23.7 Å². The van der Waals surface area contributed by atoms with Crippen LogP contribution in [0.3, 0.4) is 0 Å². The van der Waals surface area contributed by atoms with Gasteiger partial charge >= 0.3 is 12.4 Å². The second-order valence-electron chi connectivity index (χ2n) is 9.99. The second-order valence-corrected chi connectivity index (χ2v) is 10.9. The number of carbonyl (C=O) groups is 2. The number of anilines is 1. The van der Waals surface area contributed by atoms with Crippen molar-refractivity contribution in [2.24, 2.45) is 4.99 Å². The summed E-state index contributed by atoms with van der Waals surface area (Å²) >= 11 is 1.25.